The molecule has 0 heterocycles. The molecular formula is C26H24ClN3O10S3. The smallest absolute Gasteiger partial charge is 0.296 e. The van der Waals surface area contributed by atoms with Gasteiger partial charge in [0, 0.05) is 22.9 Å². The molecule has 1 amide bonds. The lowest BCUT2D eigenvalue weighted by Gasteiger charge is -2.19. The number of sulfone groups is 1. The molecule has 0 bridgehead atoms. The van der Waals surface area contributed by atoms with Gasteiger partial charge >= 0.3 is 0 Å². The van der Waals surface area contributed by atoms with E-state index < -0.39 is 63.0 Å². The lowest BCUT2D eigenvalue weighted by molar-refractivity contribution is 0.102. The van der Waals surface area contributed by atoms with E-state index in [0.29, 0.717) is 0 Å². The van der Waals surface area contributed by atoms with Crippen LogP contribution >= 0.6 is 11.6 Å². The van der Waals surface area contributed by atoms with Crippen molar-refractivity contribution in [3.63, 3.8) is 0 Å². The number of nitrogens with two attached hydrogens (primary N) is 1. The van der Waals surface area contributed by atoms with Crippen LogP contribution in [0.15, 0.2) is 76.5 Å². The van der Waals surface area contributed by atoms with Gasteiger partial charge < -0.3 is 21.5 Å². The Hall–Kier alpha value is -3.93. The molecule has 17 heteroatoms. The van der Waals surface area contributed by atoms with E-state index in [9.17, 15) is 44.3 Å². The Kier molecular flexibility index (Phi) is 8.92. The van der Waals surface area contributed by atoms with E-state index >= 15 is 0 Å². The number of rotatable bonds is 10. The lowest BCUT2D eigenvalue weighted by Crippen LogP contribution is -2.18. The Balaban J connectivity index is 1.83. The van der Waals surface area contributed by atoms with Crippen molar-refractivity contribution in [2.45, 2.75) is 15.5 Å². The summed E-state index contributed by atoms with van der Waals surface area (Å²) in [4.78, 5) is 12.1. The number of hydrogen-bond acceptors (Lipinski definition) is 10. The molecule has 43 heavy (non-hydrogen) atoms. The van der Waals surface area contributed by atoms with Gasteiger partial charge in [0.25, 0.3) is 26.1 Å². The lowest BCUT2D eigenvalue weighted by atomic mass is 10.1. The van der Waals surface area contributed by atoms with Crippen molar-refractivity contribution < 1.29 is 44.3 Å². The molecule has 0 aromatic heterocycles. The van der Waals surface area contributed by atoms with Crippen LogP contribution < -0.4 is 16.4 Å². The largest absolute Gasteiger partial charge is 0.507 e. The highest BCUT2D eigenvalue weighted by Gasteiger charge is 2.24. The number of halogens is 1. The Morgan fingerprint density at radius 2 is 1.56 bits per heavy atom. The summed E-state index contributed by atoms with van der Waals surface area (Å²) in [6.45, 7) is 0. The first kappa shape index (κ1) is 32.0. The van der Waals surface area contributed by atoms with Crippen LogP contribution in [-0.4, -0.2) is 57.0 Å². The number of carbonyl (C=O) groups is 1. The Morgan fingerprint density at radius 1 is 0.860 bits per heavy atom. The number of benzene rings is 4. The minimum Gasteiger partial charge on any atom is -0.507 e. The van der Waals surface area contributed by atoms with Gasteiger partial charge in [-0.1, -0.05) is 30.3 Å². The molecular weight excluding hydrogens is 646 g/mol. The number of phenolic OH excluding ortho intramolecular Hbond substituents is 1. The summed E-state index contributed by atoms with van der Waals surface area (Å²) in [5, 5.41) is 16.2. The minimum absolute atomic E-state index is 0.00965. The fraction of sp³-hybridized carbons (Fsp3) is 0.115. The average Bonchev–Trinajstić information content (AvgIpc) is 2.89. The Bertz CT molecular complexity index is 2090. The third-order valence-corrected chi connectivity index (χ3v) is 9.98. The molecule has 0 radical (unpaired) electrons. The van der Waals surface area contributed by atoms with Gasteiger partial charge in [-0.05, 0) is 41.3 Å². The first-order chi connectivity index (χ1) is 20.0. The maximum absolute atomic E-state index is 13.4. The Labute approximate surface area is 251 Å². The van der Waals surface area contributed by atoms with Crippen LogP contribution in [0.25, 0.3) is 10.8 Å². The zero-order valence-electron chi connectivity index (χ0n) is 21.9. The topological polar surface area (TPSA) is 230 Å². The molecule has 0 atom stereocenters. The van der Waals surface area contributed by atoms with Crippen molar-refractivity contribution in [1.82, 2.24) is 0 Å². The highest BCUT2D eigenvalue weighted by Crippen LogP contribution is 2.41. The van der Waals surface area contributed by atoms with Crippen molar-refractivity contribution in [2.24, 2.45) is 0 Å². The summed E-state index contributed by atoms with van der Waals surface area (Å²) in [6.07, 6.45) is 0. The summed E-state index contributed by atoms with van der Waals surface area (Å²) < 4.78 is 91.2. The number of carbonyl (C=O) groups excluding carboxylic acids is 1. The molecule has 0 fully saturated rings. The predicted molar refractivity (Wildman–Crippen MR) is 162 cm³/mol. The Morgan fingerprint density at radius 3 is 2.21 bits per heavy atom. The predicted octanol–water partition coefficient (Wildman–Crippen LogP) is 3.77. The second-order valence-corrected chi connectivity index (χ2v) is 14.6. The molecule has 4 aromatic carbocycles. The van der Waals surface area contributed by atoms with Crippen molar-refractivity contribution in [2.75, 3.05) is 28.0 Å². The average molecular weight is 670 g/mol. The maximum atomic E-state index is 13.4. The normalized spacial score (nSPS) is 12.3. The second-order valence-electron chi connectivity index (χ2n) is 9.21. The molecule has 4 aromatic rings. The van der Waals surface area contributed by atoms with Gasteiger partial charge in [-0.3, -0.25) is 13.9 Å². The first-order valence-corrected chi connectivity index (χ1v) is 17.3. The zero-order chi connectivity index (χ0) is 31.7. The fourth-order valence-corrected chi connectivity index (χ4v) is 7.28. The van der Waals surface area contributed by atoms with E-state index in [1.165, 1.54) is 36.4 Å². The van der Waals surface area contributed by atoms with Crippen molar-refractivity contribution in [3.05, 3.63) is 77.9 Å². The van der Waals surface area contributed by atoms with Crippen LogP contribution in [0.3, 0.4) is 0 Å². The second kappa shape index (κ2) is 12.0. The number of fused-ring (bicyclic) bond motifs is 1. The number of alkyl halides is 1. The van der Waals surface area contributed by atoms with Gasteiger partial charge in [-0.15, -0.1) is 11.6 Å². The van der Waals surface area contributed by atoms with E-state index in [1.807, 2.05) is 0 Å². The standard InChI is InChI=1S/C26H24ClN3O10S3/c27-10-11-41(33,34)14-16-4-1-2-6-18(16)26(32)30-20-8-9-22(43(38,39)40)24(28)25(20)29-19-7-3-5-15-12-17(42(35,36)37)13-21(31)23(15)19/h1-9,12-13,29,31H,10-11,14,28H2,(H,30,32)(H,35,36,37)(H,38,39,40). The molecule has 228 valence electrons. The molecule has 0 unspecified atom stereocenters. The molecule has 7 N–H and O–H groups in total. The number of phenols is 1. The molecule has 0 aliphatic carbocycles. The maximum Gasteiger partial charge on any atom is 0.296 e. The molecule has 0 aliphatic rings. The van der Waals surface area contributed by atoms with Crippen LogP contribution in [0, 0.1) is 0 Å². The number of aromatic hydroxyl groups is 1. The van der Waals surface area contributed by atoms with Crippen molar-refractivity contribution >= 4 is 81.1 Å². The van der Waals surface area contributed by atoms with Crippen molar-refractivity contribution in [3.8, 4) is 5.75 Å². The van der Waals surface area contributed by atoms with E-state index in [2.05, 4.69) is 10.6 Å². The summed E-state index contributed by atoms with van der Waals surface area (Å²) in [6, 6.07) is 14.2. The number of hydrogen-bond donors (Lipinski definition) is 6. The highest BCUT2D eigenvalue weighted by atomic mass is 35.5. The quantitative estimate of drug-likeness (QED) is 0.0805. The van der Waals surface area contributed by atoms with Crippen LogP contribution in [0.2, 0.25) is 0 Å². The number of nitrogen functional groups attached to an aromatic ring is 1. The number of nitrogens with one attached hydrogen (secondary N) is 2. The molecule has 13 nitrogen and oxygen atoms in total. The van der Waals surface area contributed by atoms with E-state index in [4.69, 9.17) is 17.3 Å². The van der Waals surface area contributed by atoms with Gasteiger partial charge in [0.05, 0.1) is 39.2 Å². The molecule has 0 spiro atoms. The summed E-state index contributed by atoms with van der Waals surface area (Å²) in [7, 11) is -13.2. The van der Waals surface area contributed by atoms with Crippen LogP contribution in [0.4, 0.5) is 22.7 Å². The SMILES string of the molecule is Nc1c(S(=O)(=O)O)ccc(NC(=O)c2ccccc2CS(=O)(=O)CCCl)c1Nc1cccc2cc(S(=O)(=O)O)cc(O)c12. The third kappa shape index (κ3) is 7.18. The van der Waals surface area contributed by atoms with Gasteiger partial charge in [0.1, 0.15) is 10.6 Å². The van der Waals surface area contributed by atoms with Gasteiger partial charge in [0.2, 0.25) is 0 Å². The van der Waals surface area contributed by atoms with E-state index in [-0.39, 0.29) is 50.6 Å². The van der Waals surface area contributed by atoms with Crippen LogP contribution in [0.5, 0.6) is 5.75 Å². The minimum atomic E-state index is -4.85. The van der Waals surface area contributed by atoms with Gasteiger partial charge in [-0.25, -0.2) is 8.42 Å². The van der Waals surface area contributed by atoms with Crippen LogP contribution in [-0.2, 0) is 35.8 Å². The van der Waals surface area contributed by atoms with E-state index in [0.717, 1.165) is 24.3 Å². The third-order valence-electron chi connectivity index (χ3n) is 6.24. The summed E-state index contributed by atoms with van der Waals surface area (Å²) in [5.41, 5.74) is 5.50. The molecule has 4 rings (SSSR count). The monoisotopic (exact) mass is 669 g/mol. The van der Waals surface area contributed by atoms with E-state index in [1.54, 1.807) is 6.07 Å². The van der Waals surface area contributed by atoms with Crippen molar-refractivity contribution in [1.29, 1.82) is 0 Å². The van der Waals surface area contributed by atoms with Gasteiger partial charge in [0.15, 0.2) is 9.84 Å². The van der Waals surface area contributed by atoms with Crippen LogP contribution in [0.1, 0.15) is 15.9 Å². The number of anilines is 4. The number of amides is 1. The highest BCUT2D eigenvalue weighted by molar-refractivity contribution is 7.90. The zero-order valence-corrected chi connectivity index (χ0v) is 25.1. The van der Waals surface area contributed by atoms with Gasteiger partial charge in [-0.2, -0.15) is 16.8 Å². The molecule has 0 saturated heterocycles. The summed E-state index contributed by atoms with van der Waals surface area (Å²) >= 11 is 5.59. The first-order valence-electron chi connectivity index (χ1n) is 12.1. The summed E-state index contributed by atoms with van der Waals surface area (Å²) in [5.74, 6) is -2.27. The molecule has 0 aliphatic heterocycles. The molecule has 0 saturated carbocycles. The fourth-order valence-electron chi connectivity index (χ4n) is 4.31.